The molecule has 0 atom stereocenters. The van der Waals surface area contributed by atoms with Gasteiger partial charge in [0.05, 0.1) is 9.92 Å². The summed E-state index contributed by atoms with van der Waals surface area (Å²) < 4.78 is 41.1. The third kappa shape index (κ3) is 7.99. The molecular formula is C27H35ClFN3O4S. The number of amides is 2. The summed E-state index contributed by atoms with van der Waals surface area (Å²) >= 11 is 5.73. The van der Waals surface area contributed by atoms with Crippen LogP contribution in [0.3, 0.4) is 0 Å². The molecule has 0 aromatic heterocycles. The summed E-state index contributed by atoms with van der Waals surface area (Å²) in [6.45, 7) is 8.69. The highest BCUT2D eigenvalue weighted by Gasteiger charge is 2.23. The average molecular weight is 552 g/mol. The largest absolute Gasteiger partial charge is 0.312 e. The lowest BCUT2D eigenvalue weighted by atomic mass is 10.0. The van der Waals surface area contributed by atoms with E-state index in [1.165, 1.54) is 13.0 Å². The maximum Gasteiger partial charge on any atom is 0.265 e. The van der Waals surface area contributed by atoms with E-state index in [-0.39, 0.29) is 21.4 Å². The number of nitrogens with zero attached hydrogens (tertiary/aromatic N) is 2. The number of hydrogen-bond acceptors (Lipinski definition) is 5. The van der Waals surface area contributed by atoms with Crippen LogP contribution in [0.5, 0.6) is 0 Å². The summed E-state index contributed by atoms with van der Waals surface area (Å²) in [7, 11) is -4.28. The van der Waals surface area contributed by atoms with Gasteiger partial charge in [-0.3, -0.25) is 14.5 Å². The molecule has 1 aliphatic rings. The predicted octanol–water partition coefficient (Wildman–Crippen LogP) is 5.37. The van der Waals surface area contributed by atoms with E-state index in [2.05, 4.69) is 18.7 Å². The van der Waals surface area contributed by atoms with Crippen LogP contribution in [0.4, 0.5) is 10.1 Å². The van der Waals surface area contributed by atoms with E-state index in [1.54, 1.807) is 17.0 Å². The van der Waals surface area contributed by atoms with Crippen LogP contribution in [-0.2, 0) is 21.4 Å². The van der Waals surface area contributed by atoms with Crippen LogP contribution in [0.25, 0.3) is 0 Å². The molecule has 1 N–H and O–H groups in total. The molecule has 1 heterocycles. The Morgan fingerprint density at radius 1 is 1.03 bits per heavy atom. The lowest BCUT2D eigenvalue weighted by Gasteiger charge is -2.30. The molecule has 202 valence electrons. The fraction of sp³-hybridized carbons (Fsp3) is 0.481. The SMILES string of the molecule is CC(=O)N1CCCCCCCN(CC(C)C)Cc2cc(C(=O)NS(=O)(=O)c3ccc(F)c(Cl)c3)ccc21. The number of fused-ring (bicyclic) bond motifs is 1. The smallest absolute Gasteiger partial charge is 0.265 e. The summed E-state index contributed by atoms with van der Waals surface area (Å²) in [5.74, 6) is -1.23. The summed E-state index contributed by atoms with van der Waals surface area (Å²) in [6, 6.07) is 7.83. The van der Waals surface area contributed by atoms with E-state index < -0.39 is 21.7 Å². The topological polar surface area (TPSA) is 86.8 Å². The van der Waals surface area contributed by atoms with Gasteiger partial charge in [0.2, 0.25) is 5.91 Å². The fourth-order valence-corrected chi connectivity index (χ4v) is 5.82. The van der Waals surface area contributed by atoms with Crippen molar-refractivity contribution >= 4 is 39.1 Å². The predicted molar refractivity (Wildman–Crippen MR) is 144 cm³/mol. The van der Waals surface area contributed by atoms with Crippen molar-refractivity contribution in [2.24, 2.45) is 5.92 Å². The zero-order valence-electron chi connectivity index (χ0n) is 21.6. The first kappa shape index (κ1) is 29.1. The van der Waals surface area contributed by atoms with Gasteiger partial charge in [0.1, 0.15) is 5.82 Å². The molecule has 0 unspecified atom stereocenters. The zero-order valence-corrected chi connectivity index (χ0v) is 23.2. The Balaban J connectivity index is 1.97. The third-order valence-corrected chi connectivity index (χ3v) is 7.93. The van der Waals surface area contributed by atoms with Crippen molar-refractivity contribution in [3.8, 4) is 0 Å². The van der Waals surface area contributed by atoms with Crippen LogP contribution < -0.4 is 9.62 Å². The van der Waals surface area contributed by atoms with Gasteiger partial charge in [-0.2, -0.15) is 0 Å². The van der Waals surface area contributed by atoms with E-state index in [9.17, 15) is 22.4 Å². The second-order valence-corrected chi connectivity index (χ2v) is 12.0. The van der Waals surface area contributed by atoms with E-state index in [4.69, 9.17) is 11.6 Å². The number of rotatable bonds is 5. The highest BCUT2D eigenvalue weighted by Crippen LogP contribution is 2.27. The second-order valence-electron chi connectivity index (χ2n) is 9.92. The fourth-order valence-electron chi connectivity index (χ4n) is 4.58. The number of hydrogen-bond donors (Lipinski definition) is 1. The monoisotopic (exact) mass is 551 g/mol. The lowest BCUT2D eigenvalue weighted by molar-refractivity contribution is -0.116. The van der Waals surface area contributed by atoms with Gasteiger partial charge in [-0.25, -0.2) is 17.5 Å². The molecular weight excluding hydrogens is 517 g/mol. The Kier molecular flexibility index (Phi) is 10.1. The summed E-state index contributed by atoms with van der Waals surface area (Å²) in [5.41, 5.74) is 1.66. The minimum absolute atomic E-state index is 0.0818. The van der Waals surface area contributed by atoms with E-state index in [1.807, 2.05) is 4.72 Å². The Morgan fingerprint density at radius 3 is 2.35 bits per heavy atom. The average Bonchev–Trinajstić information content (AvgIpc) is 2.81. The number of carbonyl (C=O) groups is 2. The molecule has 0 saturated heterocycles. The van der Waals surface area contributed by atoms with Gasteiger partial charge >= 0.3 is 0 Å². The normalized spacial score (nSPS) is 16.0. The molecule has 2 amide bonds. The second kappa shape index (κ2) is 12.8. The van der Waals surface area contributed by atoms with Crippen LogP contribution in [-0.4, -0.2) is 44.8 Å². The van der Waals surface area contributed by atoms with E-state index in [0.29, 0.717) is 19.0 Å². The molecule has 2 aromatic carbocycles. The van der Waals surface area contributed by atoms with Gasteiger partial charge in [-0.1, -0.05) is 44.7 Å². The summed E-state index contributed by atoms with van der Waals surface area (Å²) in [6.07, 6.45) is 5.23. The minimum atomic E-state index is -4.28. The van der Waals surface area contributed by atoms with Gasteiger partial charge in [-0.15, -0.1) is 0 Å². The zero-order chi connectivity index (χ0) is 27.2. The van der Waals surface area contributed by atoms with Gasteiger partial charge in [0.15, 0.2) is 0 Å². The van der Waals surface area contributed by atoms with Crippen molar-refractivity contribution < 1.29 is 22.4 Å². The standard InChI is InChI=1S/C27H35ClFN3O4S/c1-19(2)17-31-13-7-5-4-6-8-14-32(20(3)33)26-12-9-21(15-22(26)18-31)27(34)30-37(35,36)23-10-11-25(29)24(28)16-23/h9-12,15-16,19H,4-8,13-14,17-18H2,1-3H3,(H,30,34). The molecule has 3 rings (SSSR count). The molecule has 10 heteroatoms. The van der Waals surface area contributed by atoms with Crippen molar-refractivity contribution in [3.63, 3.8) is 0 Å². The maximum atomic E-state index is 13.5. The Morgan fingerprint density at radius 2 is 1.70 bits per heavy atom. The summed E-state index contributed by atoms with van der Waals surface area (Å²) in [5, 5.41) is -0.357. The van der Waals surface area contributed by atoms with Crippen molar-refractivity contribution in [1.29, 1.82) is 0 Å². The Hall–Kier alpha value is -2.49. The molecule has 0 aliphatic carbocycles. The number of benzene rings is 2. The Labute approximate surface area is 224 Å². The lowest BCUT2D eigenvalue weighted by Crippen LogP contribution is -2.34. The van der Waals surface area contributed by atoms with Crippen molar-refractivity contribution in [3.05, 3.63) is 58.4 Å². The molecule has 1 aliphatic heterocycles. The Bertz CT molecular complexity index is 1240. The molecule has 0 fully saturated rings. The number of sulfonamides is 1. The molecule has 0 radical (unpaired) electrons. The van der Waals surface area contributed by atoms with Crippen molar-refractivity contribution in [2.45, 2.75) is 64.3 Å². The molecule has 37 heavy (non-hydrogen) atoms. The highest BCUT2D eigenvalue weighted by atomic mass is 35.5. The van der Waals surface area contributed by atoms with E-state index in [0.717, 1.165) is 74.6 Å². The van der Waals surface area contributed by atoms with Crippen LogP contribution >= 0.6 is 11.6 Å². The number of nitrogens with one attached hydrogen (secondary N) is 1. The van der Waals surface area contributed by atoms with Gasteiger partial charge in [0, 0.05) is 37.8 Å². The first-order valence-electron chi connectivity index (χ1n) is 12.6. The minimum Gasteiger partial charge on any atom is -0.312 e. The molecule has 0 saturated carbocycles. The number of anilines is 1. The van der Waals surface area contributed by atoms with Gasteiger partial charge in [0.25, 0.3) is 15.9 Å². The number of halogens is 2. The van der Waals surface area contributed by atoms with Crippen LogP contribution in [0, 0.1) is 11.7 Å². The molecule has 2 aromatic rings. The highest BCUT2D eigenvalue weighted by molar-refractivity contribution is 7.90. The molecule has 7 nitrogen and oxygen atoms in total. The van der Waals surface area contributed by atoms with Gasteiger partial charge in [-0.05, 0) is 67.3 Å². The van der Waals surface area contributed by atoms with E-state index >= 15 is 0 Å². The van der Waals surface area contributed by atoms with Crippen molar-refractivity contribution in [1.82, 2.24) is 9.62 Å². The van der Waals surface area contributed by atoms with Crippen LogP contribution in [0.1, 0.15) is 68.8 Å². The van der Waals surface area contributed by atoms with Crippen LogP contribution in [0.15, 0.2) is 41.3 Å². The number of carbonyl (C=O) groups excluding carboxylic acids is 2. The van der Waals surface area contributed by atoms with Crippen molar-refractivity contribution in [2.75, 3.05) is 24.5 Å². The molecule has 0 spiro atoms. The maximum absolute atomic E-state index is 13.5. The quantitative estimate of drug-likeness (QED) is 0.539. The first-order valence-corrected chi connectivity index (χ1v) is 14.5. The molecule has 0 bridgehead atoms. The summed E-state index contributed by atoms with van der Waals surface area (Å²) in [4.78, 5) is 29.3. The van der Waals surface area contributed by atoms with Gasteiger partial charge < -0.3 is 4.90 Å². The van der Waals surface area contributed by atoms with Crippen LogP contribution in [0.2, 0.25) is 5.02 Å². The third-order valence-electron chi connectivity index (χ3n) is 6.31. The first-order chi connectivity index (χ1) is 17.5.